The third kappa shape index (κ3) is 3.64. The summed E-state index contributed by atoms with van der Waals surface area (Å²) in [5, 5.41) is 6.67. The van der Waals surface area contributed by atoms with Crippen molar-refractivity contribution < 1.29 is 18.0 Å². The van der Waals surface area contributed by atoms with Crippen LogP contribution in [0, 0.1) is 25.5 Å². The van der Waals surface area contributed by atoms with Crippen molar-refractivity contribution in [1.29, 1.82) is 0 Å². The summed E-state index contributed by atoms with van der Waals surface area (Å²) in [7, 11) is 0. The smallest absolute Gasteiger partial charge is 0.290 e. The van der Waals surface area contributed by atoms with E-state index in [9.17, 15) is 18.4 Å². The predicted octanol–water partition coefficient (Wildman–Crippen LogP) is 3.18. The number of nitrogens with two attached hydrogens (primary N) is 1. The van der Waals surface area contributed by atoms with Gasteiger partial charge in [0.05, 0.1) is 5.69 Å². The second kappa shape index (κ2) is 7.26. The summed E-state index contributed by atoms with van der Waals surface area (Å²) in [5.74, 6) is -1.52. The molecule has 3 rings (SSSR count). The average Bonchev–Trinajstić information content (AvgIpc) is 2.98. The van der Waals surface area contributed by atoms with Gasteiger partial charge < -0.3 is 15.5 Å². The van der Waals surface area contributed by atoms with Gasteiger partial charge in [-0.2, -0.15) is 5.10 Å². The van der Waals surface area contributed by atoms with Crippen LogP contribution in [0.4, 0.5) is 20.2 Å². The molecule has 0 aliphatic carbocycles. The van der Waals surface area contributed by atoms with Gasteiger partial charge in [-0.15, -0.1) is 0 Å². The molecule has 0 bridgehead atoms. The monoisotopic (exact) mass is 388 g/mol. The van der Waals surface area contributed by atoms with Crippen LogP contribution < -0.4 is 16.6 Å². The second-order valence-electron chi connectivity index (χ2n) is 6.36. The molecule has 146 valence electrons. The van der Waals surface area contributed by atoms with E-state index < -0.39 is 29.1 Å². The number of benzene rings is 1. The van der Waals surface area contributed by atoms with E-state index in [0.717, 1.165) is 16.8 Å². The Hall–Kier alpha value is -3.49. The molecule has 7 nitrogen and oxygen atoms in total. The molecule has 0 saturated carbocycles. The summed E-state index contributed by atoms with van der Waals surface area (Å²) in [6.07, 6.45) is 0. The molecule has 9 heteroatoms. The number of amides is 1. The number of carbonyl (C=O) groups is 1. The van der Waals surface area contributed by atoms with E-state index in [0.29, 0.717) is 22.8 Å². The van der Waals surface area contributed by atoms with E-state index in [1.807, 2.05) is 0 Å². The van der Waals surface area contributed by atoms with Crippen LogP contribution in [-0.4, -0.2) is 15.7 Å². The summed E-state index contributed by atoms with van der Waals surface area (Å²) >= 11 is 0. The zero-order valence-corrected chi connectivity index (χ0v) is 15.4. The quantitative estimate of drug-likeness (QED) is 0.715. The lowest BCUT2D eigenvalue weighted by molar-refractivity contribution is -0.119. The third-order valence-electron chi connectivity index (χ3n) is 4.21. The summed E-state index contributed by atoms with van der Waals surface area (Å²) in [5.41, 5.74) is 6.15. The van der Waals surface area contributed by atoms with Gasteiger partial charge >= 0.3 is 0 Å². The van der Waals surface area contributed by atoms with Gasteiger partial charge in [-0.25, -0.2) is 13.5 Å². The van der Waals surface area contributed by atoms with Crippen LogP contribution >= 0.6 is 0 Å². The largest absolute Gasteiger partial charge is 0.466 e. The highest BCUT2D eigenvalue weighted by atomic mass is 19.2. The maximum atomic E-state index is 13.3. The molecule has 0 aliphatic rings. The van der Waals surface area contributed by atoms with Gasteiger partial charge in [0.15, 0.2) is 11.6 Å². The first-order valence-corrected chi connectivity index (χ1v) is 8.40. The first-order chi connectivity index (χ1) is 13.2. The Balaban J connectivity index is 1.95. The average molecular weight is 388 g/mol. The van der Waals surface area contributed by atoms with Gasteiger partial charge in [0.1, 0.15) is 23.2 Å². The van der Waals surface area contributed by atoms with E-state index in [-0.39, 0.29) is 11.4 Å². The number of carbonyl (C=O) groups excluding carboxylic acids is 1. The Morgan fingerprint density at radius 1 is 1.21 bits per heavy atom. The molecule has 28 heavy (non-hydrogen) atoms. The maximum Gasteiger partial charge on any atom is 0.290 e. The summed E-state index contributed by atoms with van der Waals surface area (Å²) in [4.78, 5) is 24.9. The molecular weight excluding hydrogens is 370 g/mol. The van der Waals surface area contributed by atoms with Crippen molar-refractivity contribution in [2.75, 3.05) is 11.1 Å². The zero-order chi connectivity index (χ0) is 20.6. The molecule has 0 saturated heterocycles. The molecule has 2 heterocycles. The van der Waals surface area contributed by atoms with Gasteiger partial charge in [-0.1, -0.05) is 0 Å². The highest BCUT2D eigenvalue weighted by Gasteiger charge is 2.21. The maximum absolute atomic E-state index is 13.3. The Kier molecular flexibility index (Phi) is 5.00. The molecule has 2 aromatic heterocycles. The van der Waals surface area contributed by atoms with Crippen molar-refractivity contribution >= 4 is 17.3 Å². The summed E-state index contributed by atoms with van der Waals surface area (Å²) in [6.45, 7) is 4.96. The third-order valence-corrected chi connectivity index (χ3v) is 4.21. The van der Waals surface area contributed by atoms with Crippen molar-refractivity contribution in [2.24, 2.45) is 0 Å². The van der Waals surface area contributed by atoms with E-state index >= 15 is 0 Å². The molecule has 1 aromatic carbocycles. The molecule has 0 radical (unpaired) electrons. The van der Waals surface area contributed by atoms with Crippen LogP contribution in [0.3, 0.4) is 0 Å². The predicted molar refractivity (Wildman–Crippen MR) is 99.8 cm³/mol. The number of aromatic nitrogens is 2. The van der Waals surface area contributed by atoms with Gasteiger partial charge in [-0.05, 0) is 45.0 Å². The van der Waals surface area contributed by atoms with Gasteiger partial charge in [0, 0.05) is 17.3 Å². The van der Waals surface area contributed by atoms with Gasteiger partial charge in [0.25, 0.3) is 5.56 Å². The fourth-order valence-corrected chi connectivity index (χ4v) is 2.74. The van der Waals surface area contributed by atoms with E-state index in [2.05, 4.69) is 10.4 Å². The summed E-state index contributed by atoms with van der Waals surface area (Å²) < 4.78 is 32.8. The molecule has 3 aromatic rings. The fourth-order valence-electron chi connectivity index (χ4n) is 2.74. The zero-order valence-electron chi connectivity index (χ0n) is 15.4. The lowest BCUT2D eigenvalue weighted by atomic mass is 10.1. The van der Waals surface area contributed by atoms with E-state index in [4.69, 9.17) is 10.2 Å². The number of nitrogens with one attached hydrogen (secondary N) is 1. The molecular formula is C19H18F2N4O3. The molecule has 1 amide bonds. The van der Waals surface area contributed by atoms with Crippen LogP contribution in [-0.2, 0) is 4.79 Å². The fraction of sp³-hybridized carbons (Fsp3) is 0.211. The van der Waals surface area contributed by atoms with Crippen LogP contribution in [0.5, 0.6) is 0 Å². The van der Waals surface area contributed by atoms with Crippen molar-refractivity contribution in [3.8, 4) is 11.3 Å². The normalized spacial score (nSPS) is 12.0. The Labute approximate surface area is 158 Å². The number of rotatable bonds is 4. The number of nitrogen functional groups attached to an aromatic ring is 1. The number of aryl methyl sites for hydroxylation is 2. The van der Waals surface area contributed by atoms with Crippen molar-refractivity contribution in [3.63, 3.8) is 0 Å². The van der Waals surface area contributed by atoms with Gasteiger partial charge in [-0.3, -0.25) is 9.59 Å². The number of halogens is 2. The van der Waals surface area contributed by atoms with Crippen LogP contribution in [0.15, 0.2) is 39.5 Å². The number of nitrogens with zero attached hydrogens (tertiary/aromatic N) is 2. The molecule has 3 N–H and O–H groups in total. The minimum absolute atomic E-state index is 0.0502. The highest BCUT2D eigenvalue weighted by molar-refractivity contribution is 5.93. The SMILES string of the molecule is Cc1cc(-c2cc(N)c(=O)n([C@@H](C)C(=O)Nc3ccc(F)c(F)c3)n2)c(C)o1. The number of furan rings is 1. The van der Waals surface area contributed by atoms with Crippen LogP contribution in [0.1, 0.15) is 24.5 Å². The minimum Gasteiger partial charge on any atom is -0.466 e. The van der Waals surface area contributed by atoms with E-state index in [1.165, 1.54) is 19.1 Å². The van der Waals surface area contributed by atoms with Crippen LogP contribution in [0.2, 0.25) is 0 Å². The number of hydrogen-bond acceptors (Lipinski definition) is 5. The van der Waals surface area contributed by atoms with Crippen molar-refractivity contribution in [1.82, 2.24) is 9.78 Å². The van der Waals surface area contributed by atoms with Crippen molar-refractivity contribution in [2.45, 2.75) is 26.8 Å². The lowest BCUT2D eigenvalue weighted by Crippen LogP contribution is -2.34. The van der Waals surface area contributed by atoms with E-state index in [1.54, 1.807) is 19.9 Å². The number of anilines is 2. The second-order valence-corrected chi connectivity index (χ2v) is 6.36. The standard InChI is InChI=1S/C19H18F2N4O3/c1-9-6-13(11(3)28-9)17-8-16(22)19(27)25(24-17)10(2)18(26)23-12-4-5-14(20)15(21)7-12/h4-8,10H,22H2,1-3H3,(H,23,26)/t10-/m0/s1. The van der Waals surface area contributed by atoms with Crippen molar-refractivity contribution in [3.05, 3.63) is 63.8 Å². The Morgan fingerprint density at radius 2 is 1.93 bits per heavy atom. The lowest BCUT2D eigenvalue weighted by Gasteiger charge is -2.16. The minimum atomic E-state index is -1.10. The Morgan fingerprint density at radius 3 is 2.54 bits per heavy atom. The first-order valence-electron chi connectivity index (χ1n) is 8.40. The first kappa shape index (κ1) is 19.3. The number of hydrogen-bond donors (Lipinski definition) is 2. The topological polar surface area (TPSA) is 103 Å². The molecule has 0 aliphatic heterocycles. The molecule has 0 fully saturated rings. The van der Waals surface area contributed by atoms with Gasteiger partial charge in [0.2, 0.25) is 5.91 Å². The van der Waals surface area contributed by atoms with Crippen LogP contribution in [0.25, 0.3) is 11.3 Å². The molecule has 0 spiro atoms. The molecule has 1 atom stereocenters. The Bertz CT molecular complexity index is 1120. The molecule has 0 unspecified atom stereocenters. The summed E-state index contributed by atoms with van der Waals surface area (Å²) in [6, 6.07) is 5.05. The highest BCUT2D eigenvalue weighted by Crippen LogP contribution is 2.25.